The molecular formula is C21H20BrN3O2. The number of amides is 1. The van der Waals surface area contributed by atoms with Crippen molar-refractivity contribution in [3.63, 3.8) is 0 Å². The minimum absolute atomic E-state index is 0.0784. The summed E-state index contributed by atoms with van der Waals surface area (Å²) in [5.74, 6) is 1.61. The van der Waals surface area contributed by atoms with Gasteiger partial charge in [0.1, 0.15) is 0 Å². The first-order chi connectivity index (χ1) is 13.1. The number of benzene rings is 2. The molecule has 0 spiro atoms. The van der Waals surface area contributed by atoms with Gasteiger partial charge < -0.3 is 9.42 Å². The van der Waals surface area contributed by atoms with Crippen molar-refractivity contribution >= 4 is 21.8 Å². The molecule has 1 fully saturated rings. The van der Waals surface area contributed by atoms with Crippen LogP contribution < -0.4 is 0 Å². The number of carbonyl (C=O) groups excluding carboxylic acids is 1. The van der Waals surface area contributed by atoms with Gasteiger partial charge in [0.2, 0.25) is 0 Å². The Kier molecular flexibility index (Phi) is 5.07. The van der Waals surface area contributed by atoms with Crippen molar-refractivity contribution in [2.24, 2.45) is 0 Å². The van der Waals surface area contributed by atoms with E-state index in [0.29, 0.717) is 19.0 Å². The summed E-state index contributed by atoms with van der Waals surface area (Å²) in [4.78, 5) is 19.2. The molecule has 5 nitrogen and oxygen atoms in total. The van der Waals surface area contributed by atoms with Gasteiger partial charge in [0.25, 0.3) is 11.8 Å². The van der Waals surface area contributed by atoms with Gasteiger partial charge in [-0.2, -0.15) is 4.98 Å². The average molecular weight is 426 g/mol. The molecule has 2 heterocycles. The molecule has 2 aromatic carbocycles. The van der Waals surface area contributed by atoms with Crippen molar-refractivity contribution in [2.75, 3.05) is 13.1 Å². The molecule has 1 amide bonds. The zero-order valence-corrected chi connectivity index (χ0v) is 16.6. The minimum atomic E-state index is 0.0784. The molecule has 0 N–H and O–H groups in total. The third kappa shape index (κ3) is 3.81. The molecule has 0 radical (unpaired) electrons. The third-order valence-corrected chi connectivity index (χ3v) is 5.58. The molecule has 1 aliphatic heterocycles. The molecule has 1 aliphatic rings. The van der Waals surface area contributed by atoms with E-state index in [0.717, 1.165) is 39.8 Å². The monoisotopic (exact) mass is 425 g/mol. The number of piperidine rings is 1. The van der Waals surface area contributed by atoms with E-state index in [4.69, 9.17) is 4.52 Å². The molecule has 138 valence electrons. The van der Waals surface area contributed by atoms with Gasteiger partial charge in [-0.3, -0.25) is 4.79 Å². The second-order valence-electron chi connectivity index (χ2n) is 6.85. The van der Waals surface area contributed by atoms with E-state index in [1.165, 1.54) is 0 Å². The van der Waals surface area contributed by atoms with Crippen LogP contribution >= 0.6 is 15.9 Å². The fourth-order valence-electron chi connectivity index (χ4n) is 3.44. The van der Waals surface area contributed by atoms with Crippen LogP contribution in [0.25, 0.3) is 11.5 Å². The van der Waals surface area contributed by atoms with Gasteiger partial charge in [-0.1, -0.05) is 39.3 Å². The second kappa shape index (κ2) is 7.64. The second-order valence-corrected chi connectivity index (χ2v) is 7.76. The number of nitrogens with zero attached hydrogens (tertiary/aromatic N) is 3. The topological polar surface area (TPSA) is 59.2 Å². The SMILES string of the molecule is Cc1ccccc1-c1nc(C2CCN(C(=O)c3ccc(Br)cc3)CC2)no1. The van der Waals surface area contributed by atoms with Crippen LogP contribution in [0.15, 0.2) is 57.5 Å². The zero-order chi connectivity index (χ0) is 18.8. The van der Waals surface area contributed by atoms with Crippen molar-refractivity contribution in [3.05, 3.63) is 70.0 Å². The molecule has 0 atom stereocenters. The minimum Gasteiger partial charge on any atom is -0.339 e. The smallest absolute Gasteiger partial charge is 0.258 e. The van der Waals surface area contributed by atoms with E-state index in [2.05, 4.69) is 26.1 Å². The fourth-order valence-corrected chi connectivity index (χ4v) is 3.70. The Bertz CT molecular complexity index is 944. The molecule has 0 saturated carbocycles. The summed E-state index contributed by atoms with van der Waals surface area (Å²) in [6, 6.07) is 15.5. The van der Waals surface area contributed by atoms with E-state index in [9.17, 15) is 4.79 Å². The Morgan fingerprint density at radius 1 is 1.11 bits per heavy atom. The van der Waals surface area contributed by atoms with Gasteiger partial charge in [0.05, 0.1) is 0 Å². The van der Waals surface area contributed by atoms with Crippen LogP contribution in [0.3, 0.4) is 0 Å². The molecular weight excluding hydrogens is 406 g/mol. The van der Waals surface area contributed by atoms with Crippen LogP contribution in [0.5, 0.6) is 0 Å². The van der Waals surface area contributed by atoms with Crippen molar-refractivity contribution in [1.29, 1.82) is 0 Å². The average Bonchev–Trinajstić information content (AvgIpc) is 3.18. The number of carbonyl (C=O) groups is 1. The summed E-state index contributed by atoms with van der Waals surface area (Å²) >= 11 is 3.40. The lowest BCUT2D eigenvalue weighted by Crippen LogP contribution is -2.38. The number of aromatic nitrogens is 2. The Balaban J connectivity index is 1.42. The lowest BCUT2D eigenvalue weighted by molar-refractivity contribution is 0.0710. The first-order valence-corrected chi connectivity index (χ1v) is 9.85. The first-order valence-electron chi connectivity index (χ1n) is 9.06. The summed E-state index contributed by atoms with van der Waals surface area (Å²) in [6.07, 6.45) is 1.68. The third-order valence-electron chi connectivity index (χ3n) is 5.06. The van der Waals surface area contributed by atoms with Gasteiger partial charge >= 0.3 is 0 Å². The number of rotatable bonds is 3. The highest BCUT2D eigenvalue weighted by Gasteiger charge is 2.27. The van der Waals surface area contributed by atoms with Gasteiger partial charge in [0, 0.05) is 34.6 Å². The van der Waals surface area contributed by atoms with Crippen molar-refractivity contribution in [1.82, 2.24) is 15.0 Å². The maximum Gasteiger partial charge on any atom is 0.258 e. The summed E-state index contributed by atoms with van der Waals surface area (Å²) in [5, 5.41) is 4.20. The molecule has 27 heavy (non-hydrogen) atoms. The summed E-state index contributed by atoms with van der Waals surface area (Å²) in [7, 11) is 0. The number of likely N-dealkylation sites (tertiary alicyclic amines) is 1. The molecule has 0 aliphatic carbocycles. The molecule has 6 heteroatoms. The van der Waals surface area contributed by atoms with Crippen LogP contribution in [-0.4, -0.2) is 34.0 Å². The van der Waals surface area contributed by atoms with Gasteiger partial charge in [-0.05, 0) is 55.7 Å². The highest BCUT2D eigenvalue weighted by molar-refractivity contribution is 9.10. The van der Waals surface area contributed by atoms with Crippen LogP contribution in [-0.2, 0) is 0 Å². The van der Waals surface area contributed by atoms with Crippen LogP contribution in [0.4, 0.5) is 0 Å². The molecule has 1 aromatic heterocycles. The fraction of sp³-hybridized carbons (Fsp3) is 0.286. The largest absolute Gasteiger partial charge is 0.339 e. The summed E-state index contributed by atoms with van der Waals surface area (Å²) < 4.78 is 6.47. The van der Waals surface area contributed by atoms with Gasteiger partial charge in [-0.25, -0.2) is 0 Å². The lowest BCUT2D eigenvalue weighted by atomic mass is 9.95. The van der Waals surface area contributed by atoms with E-state index in [1.54, 1.807) is 0 Å². The molecule has 3 aromatic rings. The Morgan fingerprint density at radius 2 is 1.81 bits per heavy atom. The lowest BCUT2D eigenvalue weighted by Gasteiger charge is -2.30. The van der Waals surface area contributed by atoms with Crippen molar-refractivity contribution < 1.29 is 9.32 Å². The van der Waals surface area contributed by atoms with E-state index in [1.807, 2.05) is 60.4 Å². The molecule has 1 saturated heterocycles. The first kappa shape index (κ1) is 17.9. The van der Waals surface area contributed by atoms with Crippen LogP contribution in [0, 0.1) is 6.92 Å². The van der Waals surface area contributed by atoms with Crippen molar-refractivity contribution in [3.8, 4) is 11.5 Å². The Hall–Kier alpha value is -2.47. The summed E-state index contributed by atoms with van der Waals surface area (Å²) in [6.45, 7) is 3.44. The normalized spacial score (nSPS) is 15.1. The van der Waals surface area contributed by atoms with Crippen molar-refractivity contribution in [2.45, 2.75) is 25.7 Å². The number of hydrogen-bond donors (Lipinski definition) is 0. The van der Waals surface area contributed by atoms with Gasteiger partial charge in [-0.15, -0.1) is 0 Å². The maximum absolute atomic E-state index is 12.6. The van der Waals surface area contributed by atoms with E-state index < -0.39 is 0 Å². The Morgan fingerprint density at radius 3 is 2.52 bits per heavy atom. The predicted molar refractivity (Wildman–Crippen MR) is 106 cm³/mol. The molecule has 0 bridgehead atoms. The quantitative estimate of drug-likeness (QED) is 0.602. The van der Waals surface area contributed by atoms with E-state index >= 15 is 0 Å². The Labute approximate surface area is 166 Å². The summed E-state index contributed by atoms with van der Waals surface area (Å²) in [5.41, 5.74) is 2.81. The van der Waals surface area contributed by atoms with Gasteiger partial charge in [0.15, 0.2) is 5.82 Å². The zero-order valence-electron chi connectivity index (χ0n) is 15.1. The van der Waals surface area contributed by atoms with E-state index in [-0.39, 0.29) is 11.8 Å². The maximum atomic E-state index is 12.6. The standard InChI is InChI=1S/C21H20BrN3O2/c1-14-4-2-3-5-18(14)20-23-19(24-27-20)15-10-12-25(13-11-15)21(26)16-6-8-17(22)9-7-16/h2-9,15H,10-13H2,1H3. The predicted octanol–water partition coefficient (Wildman–Crippen LogP) is 4.83. The number of halogens is 1. The highest BCUT2D eigenvalue weighted by atomic mass is 79.9. The number of hydrogen-bond acceptors (Lipinski definition) is 4. The highest BCUT2D eigenvalue weighted by Crippen LogP contribution is 2.29. The molecule has 0 unspecified atom stereocenters. The van der Waals surface area contributed by atoms with Crippen LogP contribution in [0.1, 0.15) is 40.5 Å². The molecule has 4 rings (SSSR count). The number of aryl methyl sites for hydroxylation is 1. The van der Waals surface area contributed by atoms with Crippen LogP contribution in [0.2, 0.25) is 0 Å².